The molecule has 7 nitrogen and oxygen atoms in total. The summed E-state index contributed by atoms with van der Waals surface area (Å²) in [5, 5.41) is 0. The highest BCUT2D eigenvalue weighted by molar-refractivity contribution is 7.94. The van der Waals surface area contributed by atoms with Gasteiger partial charge < -0.3 is 14.4 Å². The van der Waals surface area contributed by atoms with Crippen molar-refractivity contribution in [1.29, 1.82) is 0 Å². The third-order valence-electron chi connectivity index (χ3n) is 6.83. The number of hydrogen-bond donors (Lipinski definition) is 0. The van der Waals surface area contributed by atoms with Crippen LogP contribution in [0.15, 0.2) is 28.8 Å². The first-order valence-corrected chi connectivity index (χ1v) is 13.1. The molecule has 1 amide bonds. The van der Waals surface area contributed by atoms with Crippen molar-refractivity contribution in [3.8, 4) is 0 Å². The van der Waals surface area contributed by atoms with Gasteiger partial charge in [-0.25, -0.2) is 18.2 Å². The van der Waals surface area contributed by atoms with Gasteiger partial charge in [0.15, 0.2) is 15.7 Å². The Kier molecular flexibility index (Phi) is 7.50. The zero-order chi connectivity index (χ0) is 22.6. The molecule has 3 fully saturated rings. The van der Waals surface area contributed by atoms with E-state index < -0.39 is 9.84 Å². The van der Waals surface area contributed by atoms with Crippen molar-refractivity contribution in [2.24, 2.45) is 28.2 Å². The molecule has 8 heteroatoms. The van der Waals surface area contributed by atoms with Crippen LogP contribution in [0.3, 0.4) is 0 Å². The quantitative estimate of drug-likeness (QED) is 0.298. The Labute approximate surface area is 186 Å². The van der Waals surface area contributed by atoms with Crippen LogP contribution in [0.2, 0.25) is 0 Å². The molecule has 3 aliphatic rings. The van der Waals surface area contributed by atoms with Gasteiger partial charge in [0.05, 0.1) is 18.1 Å². The number of piperidine rings is 1. The van der Waals surface area contributed by atoms with E-state index in [0.29, 0.717) is 30.9 Å². The van der Waals surface area contributed by atoms with E-state index in [9.17, 15) is 13.2 Å². The Morgan fingerprint density at radius 3 is 2.52 bits per heavy atom. The molecule has 0 aromatic heterocycles. The molecule has 2 aliphatic carbocycles. The van der Waals surface area contributed by atoms with E-state index in [1.807, 2.05) is 4.90 Å². The van der Waals surface area contributed by atoms with Crippen LogP contribution < -0.4 is 0 Å². The Morgan fingerprint density at radius 2 is 1.94 bits per heavy atom. The molecule has 1 saturated heterocycles. The first kappa shape index (κ1) is 23.8. The van der Waals surface area contributed by atoms with Gasteiger partial charge in [0.2, 0.25) is 0 Å². The van der Waals surface area contributed by atoms with E-state index in [2.05, 4.69) is 18.5 Å². The van der Waals surface area contributed by atoms with Crippen LogP contribution in [0.1, 0.15) is 52.4 Å². The number of allylic oxidation sites excluding steroid dienone is 1. The summed E-state index contributed by atoms with van der Waals surface area (Å²) < 4.78 is 34.2. The number of likely N-dealkylation sites (tertiary alicyclic amines) is 1. The van der Waals surface area contributed by atoms with Gasteiger partial charge in [-0.15, -0.1) is 0 Å². The van der Waals surface area contributed by atoms with Gasteiger partial charge in [-0.3, -0.25) is 0 Å². The smallest absolute Gasteiger partial charge is 0.409 e. The molecular weight excluding hydrogens is 416 g/mol. The number of carbonyl (C=O) groups is 1. The number of hydrogen-bond acceptors (Lipinski definition) is 6. The summed E-state index contributed by atoms with van der Waals surface area (Å²) in [5.74, 6) is 2.52. The predicted molar refractivity (Wildman–Crippen MR) is 121 cm³/mol. The summed E-state index contributed by atoms with van der Waals surface area (Å²) >= 11 is 0. The van der Waals surface area contributed by atoms with E-state index in [4.69, 9.17) is 9.47 Å². The maximum Gasteiger partial charge on any atom is 0.409 e. The third kappa shape index (κ3) is 7.09. The minimum atomic E-state index is -3.32. The maximum atomic E-state index is 12.2. The van der Waals surface area contributed by atoms with Crippen LogP contribution in [-0.4, -0.2) is 57.9 Å². The normalized spacial score (nSPS) is 26.4. The molecule has 1 heterocycles. The van der Waals surface area contributed by atoms with Crippen LogP contribution >= 0.6 is 0 Å². The van der Waals surface area contributed by atoms with E-state index in [0.717, 1.165) is 57.4 Å². The Morgan fingerprint density at radius 1 is 1.26 bits per heavy atom. The molecule has 1 aliphatic heterocycles. The Balaban J connectivity index is 1.32. The molecule has 0 spiro atoms. The lowest BCUT2D eigenvalue weighted by molar-refractivity contribution is 0.0713. The minimum Gasteiger partial charge on any atom is -0.481 e. The number of rotatable bonds is 9. The van der Waals surface area contributed by atoms with Crippen LogP contribution in [-0.2, 0) is 19.3 Å². The number of aliphatic imine (C=N–C) groups is 1. The monoisotopic (exact) mass is 452 g/mol. The summed E-state index contributed by atoms with van der Waals surface area (Å²) in [6.07, 6.45) is 10.2. The molecule has 0 radical (unpaired) electrons. The van der Waals surface area contributed by atoms with Gasteiger partial charge in [-0.1, -0.05) is 13.5 Å². The van der Waals surface area contributed by atoms with Crippen LogP contribution in [0.4, 0.5) is 4.79 Å². The highest BCUT2D eigenvalue weighted by atomic mass is 32.2. The standard InChI is InChI=1S/C23H36N2O5S/c1-5-20(31(4,27)28)15-24-17(2)29-13-8-19-14-21(19)18-6-11-25(12-7-18)22(26)30-16-23(3)9-10-23/h5,15,18-19,21H,1,6-14,16H2,2-4H3/b20-15+,24-17+/t19-,21-/m1/s1. The van der Waals surface area contributed by atoms with Gasteiger partial charge in [-0.2, -0.15) is 0 Å². The lowest BCUT2D eigenvalue weighted by Crippen LogP contribution is -2.40. The Hall–Kier alpha value is -1.83. The van der Waals surface area contributed by atoms with E-state index >= 15 is 0 Å². The zero-order valence-electron chi connectivity index (χ0n) is 19.0. The van der Waals surface area contributed by atoms with Gasteiger partial charge in [0.25, 0.3) is 0 Å². The molecule has 174 valence electrons. The lowest BCUT2D eigenvalue weighted by atomic mass is 9.91. The summed E-state index contributed by atoms with van der Waals surface area (Å²) in [6.45, 7) is 10.1. The SMILES string of the molecule is C=C/C(=C\N=C(/C)OCC[C@@H]1C[C@@H]1C1CCN(C(=O)OCC2(C)CC2)CC1)S(C)(=O)=O. The van der Waals surface area contributed by atoms with Crippen molar-refractivity contribution in [2.75, 3.05) is 32.6 Å². The fraction of sp³-hybridized carbons (Fsp3) is 0.739. The molecule has 0 aromatic carbocycles. The molecule has 31 heavy (non-hydrogen) atoms. The van der Waals surface area contributed by atoms with Crippen LogP contribution in [0, 0.1) is 23.2 Å². The molecule has 0 unspecified atom stereocenters. The highest BCUT2D eigenvalue weighted by Gasteiger charge is 2.44. The number of carbonyl (C=O) groups excluding carboxylic acids is 1. The number of nitrogens with zero attached hydrogens (tertiary/aromatic N) is 2. The molecule has 2 saturated carbocycles. The average Bonchev–Trinajstić information content (AvgIpc) is 3.64. The number of ether oxygens (including phenoxy) is 2. The van der Waals surface area contributed by atoms with E-state index in [1.165, 1.54) is 18.7 Å². The van der Waals surface area contributed by atoms with Crippen molar-refractivity contribution in [3.05, 3.63) is 23.8 Å². The fourth-order valence-electron chi connectivity index (χ4n) is 4.23. The lowest BCUT2D eigenvalue weighted by Gasteiger charge is -2.32. The van der Waals surface area contributed by atoms with Crippen molar-refractivity contribution >= 4 is 21.8 Å². The van der Waals surface area contributed by atoms with Crippen molar-refractivity contribution in [3.63, 3.8) is 0 Å². The second kappa shape index (κ2) is 9.76. The topological polar surface area (TPSA) is 85.3 Å². The molecule has 0 bridgehead atoms. The van der Waals surface area contributed by atoms with Gasteiger partial charge in [0.1, 0.15) is 0 Å². The van der Waals surface area contributed by atoms with Crippen molar-refractivity contribution < 1.29 is 22.7 Å². The molecule has 0 aromatic rings. The molecular formula is C23H36N2O5S. The third-order valence-corrected chi connectivity index (χ3v) is 7.96. The van der Waals surface area contributed by atoms with Crippen LogP contribution in [0.5, 0.6) is 0 Å². The van der Waals surface area contributed by atoms with Gasteiger partial charge in [0, 0.05) is 37.9 Å². The summed E-state index contributed by atoms with van der Waals surface area (Å²) in [5.41, 5.74) is 0.234. The maximum absolute atomic E-state index is 12.2. The molecule has 2 atom stereocenters. The minimum absolute atomic E-state index is 0.0784. The van der Waals surface area contributed by atoms with Crippen molar-refractivity contribution in [1.82, 2.24) is 4.90 Å². The second-order valence-corrected chi connectivity index (χ2v) is 11.7. The largest absolute Gasteiger partial charge is 0.481 e. The van der Waals surface area contributed by atoms with E-state index in [-0.39, 0.29) is 16.4 Å². The first-order valence-electron chi connectivity index (χ1n) is 11.2. The Bertz CT molecular complexity index is 836. The molecule has 3 rings (SSSR count). The van der Waals surface area contributed by atoms with Gasteiger partial charge in [-0.05, 0) is 62.4 Å². The van der Waals surface area contributed by atoms with Crippen LogP contribution in [0.25, 0.3) is 0 Å². The number of amides is 1. The second-order valence-electron chi connectivity index (χ2n) is 9.64. The van der Waals surface area contributed by atoms with E-state index in [1.54, 1.807) is 6.92 Å². The summed E-state index contributed by atoms with van der Waals surface area (Å²) in [6, 6.07) is 0. The van der Waals surface area contributed by atoms with Gasteiger partial charge >= 0.3 is 6.09 Å². The zero-order valence-corrected chi connectivity index (χ0v) is 19.8. The average molecular weight is 453 g/mol. The first-order chi connectivity index (χ1) is 14.6. The van der Waals surface area contributed by atoms with Crippen molar-refractivity contribution in [2.45, 2.75) is 52.4 Å². The predicted octanol–water partition coefficient (Wildman–Crippen LogP) is 4.17. The summed E-state index contributed by atoms with van der Waals surface area (Å²) in [7, 11) is -3.32. The fourth-order valence-corrected chi connectivity index (χ4v) is 4.77. The number of sulfone groups is 1. The molecule has 0 N–H and O–H groups in total. The highest BCUT2D eigenvalue weighted by Crippen LogP contribution is 2.50. The summed E-state index contributed by atoms with van der Waals surface area (Å²) in [4.78, 5) is 18.3.